The fourth-order valence-electron chi connectivity index (χ4n) is 3.35. The fourth-order valence-corrected chi connectivity index (χ4v) is 3.62. The van der Waals surface area contributed by atoms with Crippen LogP contribution in [-0.4, -0.2) is 31.2 Å². The van der Waals surface area contributed by atoms with Crippen LogP contribution in [0, 0.1) is 0 Å². The SMILES string of the molecule is COc1cc2c(cc1NC(=O)CC(C)=NNC(=O)COc1ccc(Br)cc1)oc1ccccc12. The van der Waals surface area contributed by atoms with Gasteiger partial charge in [0.1, 0.15) is 22.7 Å². The van der Waals surface area contributed by atoms with Crippen molar-refractivity contribution in [2.24, 2.45) is 5.10 Å². The third-order valence-corrected chi connectivity index (χ3v) is 5.47. The van der Waals surface area contributed by atoms with Gasteiger partial charge >= 0.3 is 0 Å². The van der Waals surface area contributed by atoms with Gasteiger partial charge in [-0.05, 0) is 43.3 Å². The molecule has 0 aliphatic carbocycles. The first-order valence-corrected chi connectivity index (χ1v) is 11.2. The number of furan rings is 1. The number of hydrazone groups is 1. The molecule has 0 bridgehead atoms. The number of carbonyl (C=O) groups is 2. The lowest BCUT2D eigenvalue weighted by atomic mass is 10.1. The van der Waals surface area contributed by atoms with Crippen molar-refractivity contribution in [1.29, 1.82) is 0 Å². The molecule has 0 saturated heterocycles. The van der Waals surface area contributed by atoms with Crippen molar-refractivity contribution in [2.75, 3.05) is 19.0 Å². The molecule has 0 spiro atoms. The monoisotopic (exact) mass is 523 g/mol. The van der Waals surface area contributed by atoms with Crippen molar-refractivity contribution in [3.63, 3.8) is 0 Å². The van der Waals surface area contributed by atoms with Gasteiger partial charge < -0.3 is 19.2 Å². The van der Waals surface area contributed by atoms with Gasteiger partial charge in [-0.2, -0.15) is 5.10 Å². The summed E-state index contributed by atoms with van der Waals surface area (Å²) in [7, 11) is 1.54. The van der Waals surface area contributed by atoms with Gasteiger partial charge in [-0.25, -0.2) is 5.43 Å². The number of anilines is 1. The fraction of sp³-hybridized carbons (Fsp3) is 0.160. The molecule has 4 aromatic rings. The molecular weight excluding hydrogens is 502 g/mol. The minimum atomic E-state index is -0.431. The first-order chi connectivity index (χ1) is 16.4. The van der Waals surface area contributed by atoms with Crippen molar-refractivity contribution in [3.8, 4) is 11.5 Å². The lowest BCUT2D eigenvalue weighted by molar-refractivity contribution is -0.123. The highest BCUT2D eigenvalue weighted by molar-refractivity contribution is 9.10. The lowest BCUT2D eigenvalue weighted by Gasteiger charge is -2.10. The van der Waals surface area contributed by atoms with Crippen LogP contribution in [0.5, 0.6) is 11.5 Å². The van der Waals surface area contributed by atoms with Crippen LogP contribution in [0.3, 0.4) is 0 Å². The smallest absolute Gasteiger partial charge is 0.277 e. The van der Waals surface area contributed by atoms with Gasteiger partial charge in [-0.1, -0.05) is 34.1 Å². The Morgan fingerprint density at radius 3 is 2.53 bits per heavy atom. The molecule has 0 unspecified atom stereocenters. The Morgan fingerprint density at radius 2 is 1.76 bits per heavy atom. The highest BCUT2D eigenvalue weighted by Crippen LogP contribution is 2.36. The van der Waals surface area contributed by atoms with Crippen LogP contribution < -0.4 is 20.2 Å². The van der Waals surface area contributed by atoms with Crippen molar-refractivity contribution < 1.29 is 23.5 Å². The van der Waals surface area contributed by atoms with Gasteiger partial charge in [0.05, 0.1) is 19.2 Å². The Hall–Kier alpha value is -3.85. The molecule has 2 amide bonds. The van der Waals surface area contributed by atoms with Crippen LogP contribution in [0.4, 0.5) is 5.69 Å². The minimum Gasteiger partial charge on any atom is -0.495 e. The third-order valence-electron chi connectivity index (χ3n) is 4.94. The van der Waals surface area contributed by atoms with E-state index in [1.54, 1.807) is 25.1 Å². The summed E-state index contributed by atoms with van der Waals surface area (Å²) < 4.78 is 17.7. The van der Waals surface area contributed by atoms with Crippen LogP contribution in [0.2, 0.25) is 0 Å². The van der Waals surface area contributed by atoms with Crippen molar-refractivity contribution in [1.82, 2.24) is 5.43 Å². The summed E-state index contributed by atoms with van der Waals surface area (Å²) in [5.74, 6) is 0.337. The Balaban J connectivity index is 1.35. The van der Waals surface area contributed by atoms with Crippen LogP contribution in [-0.2, 0) is 9.59 Å². The first-order valence-electron chi connectivity index (χ1n) is 10.4. The first kappa shape index (κ1) is 23.3. The molecule has 3 aromatic carbocycles. The molecule has 1 heterocycles. The summed E-state index contributed by atoms with van der Waals surface area (Å²) in [5, 5.41) is 8.66. The zero-order valence-corrected chi connectivity index (χ0v) is 20.1. The number of hydrogen-bond donors (Lipinski definition) is 2. The molecular formula is C25H22BrN3O5. The van der Waals surface area contributed by atoms with Crippen LogP contribution in [0.25, 0.3) is 21.9 Å². The zero-order valence-electron chi connectivity index (χ0n) is 18.6. The zero-order chi connectivity index (χ0) is 24.1. The maximum Gasteiger partial charge on any atom is 0.277 e. The maximum atomic E-state index is 12.6. The number of rotatable bonds is 8. The quantitative estimate of drug-likeness (QED) is 0.242. The number of benzene rings is 3. The van der Waals surface area contributed by atoms with Gasteiger partial charge in [-0.15, -0.1) is 0 Å². The number of hydrogen-bond acceptors (Lipinski definition) is 6. The number of nitrogens with one attached hydrogen (secondary N) is 2. The normalized spacial score (nSPS) is 11.4. The second-order valence-corrected chi connectivity index (χ2v) is 8.41. The van der Waals surface area contributed by atoms with E-state index < -0.39 is 5.91 Å². The molecule has 34 heavy (non-hydrogen) atoms. The van der Waals surface area contributed by atoms with Crippen molar-refractivity contribution >= 4 is 61.1 Å². The predicted octanol–water partition coefficient (Wildman–Crippen LogP) is 5.26. The standard InChI is InChI=1S/C25H22BrN3O5/c1-15(28-29-25(31)14-33-17-9-7-16(26)8-10-17)11-24(30)27-20-13-22-19(12-23(20)32-2)18-5-3-4-6-21(18)34-22/h3-10,12-13H,11,14H2,1-2H3,(H,27,30)(H,29,31). The highest BCUT2D eigenvalue weighted by atomic mass is 79.9. The van der Waals surface area contributed by atoms with Gasteiger partial charge in [0.2, 0.25) is 5.91 Å². The molecule has 0 radical (unpaired) electrons. The largest absolute Gasteiger partial charge is 0.495 e. The van der Waals surface area contributed by atoms with E-state index in [1.807, 2.05) is 42.5 Å². The molecule has 4 rings (SSSR count). The Bertz CT molecular complexity index is 1380. The maximum absolute atomic E-state index is 12.6. The van der Waals surface area contributed by atoms with Crippen molar-refractivity contribution in [3.05, 3.63) is 65.1 Å². The van der Waals surface area contributed by atoms with E-state index in [4.69, 9.17) is 13.9 Å². The Morgan fingerprint density at radius 1 is 1.00 bits per heavy atom. The Kier molecular flexibility index (Phi) is 7.12. The predicted molar refractivity (Wildman–Crippen MR) is 134 cm³/mol. The number of ether oxygens (including phenoxy) is 2. The summed E-state index contributed by atoms with van der Waals surface area (Å²) in [6.45, 7) is 1.45. The molecule has 0 atom stereocenters. The number of carbonyl (C=O) groups excluding carboxylic acids is 2. The summed E-state index contributed by atoms with van der Waals surface area (Å²) in [4.78, 5) is 24.5. The molecule has 2 N–H and O–H groups in total. The van der Waals surface area contributed by atoms with E-state index in [0.29, 0.717) is 28.5 Å². The van der Waals surface area contributed by atoms with Crippen LogP contribution in [0.15, 0.2) is 74.7 Å². The number of methoxy groups -OCH3 is 1. The molecule has 0 aliphatic rings. The second kappa shape index (κ2) is 10.4. The average Bonchev–Trinajstić information content (AvgIpc) is 3.19. The lowest BCUT2D eigenvalue weighted by Crippen LogP contribution is -2.26. The van der Waals surface area contributed by atoms with E-state index >= 15 is 0 Å². The van der Waals surface area contributed by atoms with Gasteiger partial charge in [-0.3, -0.25) is 9.59 Å². The van der Waals surface area contributed by atoms with E-state index in [-0.39, 0.29) is 18.9 Å². The molecule has 9 heteroatoms. The van der Waals surface area contributed by atoms with Gasteiger partial charge in [0, 0.05) is 27.0 Å². The number of amides is 2. The molecule has 0 fully saturated rings. The summed E-state index contributed by atoms with van der Waals surface area (Å²) in [6.07, 6.45) is -0.0187. The molecule has 0 saturated carbocycles. The van der Waals surface area contributed by atoms with Crippen molar-refractivity contribution in [2.45, 2.75) is 13.3 Å². The van der Waals surface area contributed by atoms with E-state index in [1.165, 1.54) is 7.11 Å². The van der Waals surface area contributed by atoms with Gasteiger partial charge in [0.15, 0.2) is 6.61 Å². The average molecular weight is 524 g/mol. The number of para-hydroxylation sites is 1. The topological polar surface area (TPSA) is 102 Å². The van der Waals surface area contributed by atoms with Crippen LogP contribution in [0.1, 0.15) is 13.3 Å². The van der Waals surface area contributed by atoms with E-state index in [9.17, 15) is 9.59 Å². The molecule has 0 aliphatic heterocycles. The highest BCUT2D eigenvalue weighted by Gasteiger charge is 2.14. The van der Waals surface area contributed by atoms with E-state index in [0.717, 1.165) is 20.8 Å². The summed E-state index contributed by atoms with van der Waals surface area (Å²) in [6, 6.07) is 18.4. The third kappa shape index (κ3) is 5.55. The summed E-state index contributed by atoms with van der Waals surface area (Å²) in [5.41, 5.74) is 4.70. The Labute approximate surface area is 204 Å². The van der Waals surface area contributed by atoms with Gasteiger partial charge in [0.25, 0.3) is 5.91 Å². The molecule has 8 nitrogen and oxygen atoms in total. The number of fused-ring (bicyclic) bond motifs is 3. The number of halogens is 1. The summed E-state index contributed by atoms with van der Waals surface area (Å²) >= 11 is 3.34. The minimum absolute atomic E-state index is 0.0187. The molecule has 174 valence electrons. The second-order valence-electron chi connectivity index (χ2n) is 7.50. The molecule has 1 aromatic heterocycles. The van der Waals surface area contributed by atoms with Crippen LogP contribution >= 0.6 is 15.9 Å². The number of nitrogens with zero attached hydrogens (tertiary/aromatic N) is 1. The van der Waals surface area contributed by atoms with E-state index in [2.05, 4.69) is 31.8 Å².